The number of nitriles is 1. The van der Waals surface area contributed by atoms with Crippen LogP contribution in [0.5, 0.6) is 11.5 Å². The van der Waals surface area contributed by atoms with Gasteiger partial charge in [-0.1, -0.05) is 27.5 Å². The minimum absolute atomic E-state index is 0.0928. The Morgan fingerprint density at radius 3 is 2.37 bits per heavy atom. The van der Waals surface area contributed by atoms with Gasteiger partial charge in [-0.05, 0) is 89.6 Å². The molecule has 35 heavy (non-hydrogen) atoms. The molecule has 0 radical (unpaired) electrons. The topological polar surface area (TPSA) is 105 Å². The van der Waals surface area contributed by atoms with E-state index in [-0.39, 0.29) is 21.8 Å². The van der Waals surface area contributed by atoms with E-state index < -0.39 is 16.0 Å². The van der Waals surface area contributed by atoms with Crippen LogP contribution in [0.4, 0.5) is 5.69 Å². The molecule has 0 saturated heterocycles. The maximum Gasteiger partial charge on any atom is 0.339 e. The van der Waals surface area contributed by atoms with Crippen LogP contribution in [0.25, 0.3) is 6.08 Å². The molecule has 0 bridgehead atoms. The molecule has 0 aliphatic carbocycles. The Bertz CT molecular complexity index is 1420. The fraction of sp³-hybridized carbons (Fsp3) is 0.0833. The molecule has 3 aromatic carbocycles. The first-order chi connectivity index (χ1) is 16.6. The lowest BCUT2D eigenvalue weighted by Gasteiger charge is -2.13. The molecule has 0 aromatic heterocycles. The number of nitrogens with one attached hydrogen (secondary N) is 1. The van der Waals surface area contributed by atoms with Crippen LogP contribution in [-0.4, -0.2) is 20.9 Å². The highest BCUT2D eigenvalue weighted by molar-refractivity contribution is 9.11. The van der Waals surface area contributed by atoms with Crippen molar-refractivity contribution in [3.63, 3.8) is 0 Å². The van der Waals surface area contributed by atoms with Gasteiger partial charge in [0.25, 0.3) is 5.91 Å². The number of benzene rings is 3. The van der Waals surface area contributed by atoms with Crippen molar-refractivity contribution in [2.75, 3.05) is 11.9 Å². The summed E-state index contributed by atoms with van der Waals surface area (Å²) in [6.07, 6.45) is 1.24. The highest BCUT2D eigenvalue weighted by atomic mass is 79.9. The zero-order valence-corrected chi connectivity index (χ0v) is 22.8. The van der Waals surface area contributed by atoms with Crippen molar-refractivity contribution < 1.29 is 22.1 Å². The largest absolute Gasteiger partial charge is 0.494 e. The molecule has 0 aliphatic rings. The Balaban J connectivity index is 1.94. The number of anilines is 1. The molecular weight excluding hydrogens is 624 g/mol. The van der Waals surface area contributed by atoms with Gasteiger partial charge in [0.1, 0.15) is 22.3 Å². The molecule has 3 rings (SSSR count). The van der Waals surface area contributed by atoms with Crippen LogP contribution in [0.1, 0.15) is 12.5 Å². The third kappa shape index (κ3) is 7.08. The van der Waals surface area contributed by atoms with Gasteiger partial charge in [0.05, 0.1) is 11.1 Å². The number of nitrogens with zero attached hydrogens (tertiary/aromatic N) is 1. The lowest BCUT2D eigenvalue weighted by molar-refractivity contribution is -0.112. The average Bonchev–Trinajstić information content (AvgIpc) is 2.81. The first kappa shape index (κ1) is 26.8. The normalized spacial score (nSPS) is 11.5. The number of hydrogen-bond donors (Lipinski definition) is 1. The zero-order chi connectivity index (χ0) is 25.6. The van der Waals surface area contributed by atoms with Gasteiger partial charge >= 0.3 is 10.1 Å². The number of rotatable bonds is 8. The molecule has 0 atom stereocenters. The summed E-state index contributed by atoms with van der Waals surface area (Å²) in [4.78, 5) is 12.6. The van der Waals surface area contributed by atoms with Crippen LogP contribution in [0.3, 0.4) is 0 Å². The van der Waals surface area contributed by atoms with Crippen molar-refractivity contribution in [2.24, 2.45) is 0 Å². The summed E-state index contributed by atoms with van der Waals surface area (Å²) in [5, 5.41) is 12.6. The van der Waals surface area contributed by atoms with Gasteiger partial charge in [-0.2, -0.15) is 13.7 Å². The van der Waals surface area contributed by atoms with E-state index in [0.717, 1.165) is 0 Å². The van der Waals surface area contributed by atoms with Crippen molar-refractivity contribution in [3.05, 3.63) is 85.8 Å². The quantitative estimate of drug-likeness (QED) is 0.170. The number of carbonyl (C=O) groups excluding carboxylic acids is 1. The van der Waals surface area contributed by atoms with Crippen molar-refractivity contribution >= 4 is 71.2 Å². The summed E-state index contributed by atoms with van der Waals surface area (Å²) >= 11 is 12.5. The second-order valence-electron chi connectivity index (χ2n) is 6.88. The summed E-state index contributed by atoms with van der Waals surface area (Å²) in [5.74, 6) is -0.131. The van der Waals surface area contributed by atoms with Crippen LogP contribution in [-0.2, 0) is 14.9 Å². The van der Waals surface area contributed by atoms with Crippen molar-refractivity contribution in [2.45, 2.75) is 11.8 Å². The van der Waals surface area contributed by atoms with E-state index in [2.05, 4.69) is 37.2 Å². The molecule has 0 unspecified atom stereocenters. The summed E-state index contributed by atoms with van der Waals surface area (Å²) in [6.45, 7) is 2.37. The van der Waals surface area contributed by atoms with E-state index in [4.69, 9.17) is 20.5 Å². The van der Waals surface area contributed by atoms with Crippen LogP contribution >= 0.6 is 43.5 Å². The number of halogens is 3. The van der Waals surface area contributed by atoms with Crippen LogP contribution in [0, 0.1) is 11.3 Å². The second kappa shape index (κ2) is 11.7. The molecule has 11 heteroatoms. The molecule has 1 amide bonds. The Morgan fingerprint density at radius 2 is 1.77 bits per heavy atom. The number of ether oxygens (including phenoxy) is 1. The third-order valence-corrected chi connectivity index (χ3v) is 6.96. The van der Waals surface area contributed by atoms with Gasteiger partial charge < -0.3 is 14.2 Å². The molecule has 0 saturated carbocycles. The van der Waals surface area contributed by atoms with Crippen molar-refractivity contribution in [1.29, 1.82) is 5.26 Å². The summed E-state index contributed by atoms with van der Waals surface area (Å²) in [5.41, 5.74) is 0.372. The second-order valence-corrected chi connectivity index (χ2v) is 10.6. The van der Waals surface area contributed by atoms with Gasteiger partial charge in [-0.15, -0.1) is 0 Å². The van der Waals surface area contributed by atoms with Gasteiger partial charge in [-0.25, -0.2) is 0 Å². The van der Waals surface area contributed by atoms with Gasteiger partial charge in [0, 0.05) is 20.7 Å². The molecule has 0 spiro atoms. The Labute approximate surface area is 224 Å². The SMILES string of the molecule is CCOc1ccc(NC(=O)/C(C#N)=C/c2cc(Br)cc(Br)c2OS(=O)(=O)c2ccc(Cl)cc2)cc1. The maximum absolute atomic E-state index is 12.8. The van der Waals surface area contributed by atoms with Crippen molar-refractivity contribution in [3.8, 4) is 17.6 Å². The molecule has 0 fully saturated rings. The van der Waals surface area contributed by atoms with E-state index >= 15 is 0 Å². The molecule has 180 valence electrons. The average molecular weight is 641 g/mol. The highest BCUT2D eigenvalue weighted by Gasteiger charge is 2.22. The van der Waals surface area contributed by atoms with E-state index in [1.54, 1.807) is 30.3 Å². The number of hydrogen-bond acceptors (Lipinski definition) is 6. The Hall–Kier alpha value is -2.84. The molecule has 7 nitrogen and oxygen atoms in total. The van der Waals surface area contributed by atoms with Gasteiger partial charge in [0.15, 0.2) is 5.75 Å². The molecule has 3 aromatic rings. The van der Waals surface area contributed by atoms with Crippen LogP contribution in [0.2, 0.25) is 5.02 Å². The first-order valence-corrected chi connectivity index (χ1v) is 13.3. The molecule has 0 aliphatic heterocycles. The van der Waals surface area contributed by atoms with Gasteiger partial charge in [0.2, 0.25) is 0 Å². The minimum atomic E-state index is -4.24. The highest BCUT2D eigenvalue weighted by Crippen LogP contribution is 2.36. The molecular formula is C24H17Br2ClN2O5S. The predicted octanol–water partition coefficient (Wildman–Crippen LogP) is 6.58. The van der Waals surface area contributed by atoms with Crippen molar-refractivity contribution in [1.82, 2.24) is 0 Å². The summed E-state index contributed by atoms with van der Waals surface area (Å²) < 4.78 is 37.3. The molecule has 1 N–H and O–H groups in total. The zero-order valence-electron chi connectivity index (χ0n) is 18.1. The van der Waals surface area contributed by atoms with Crippen LogP contribution < -0.4 is 14.2 Å². The lowest BCUT2D eigenvalue weighted by atomic mass is 10.1. The Kier molecular flexibility index (Phi) is 8.97. The standard InChI is InChI=1S/C24H17Br2ClN2O5S/c1-2-33-20-7-5-19(6-8-20)29-24(30)16(14-28)11-15-12-17(25)13-22(26)23(15)34-35(31,32)21-9-3-18(27)4-10-21/h3-13H,2H2,1H3,(H,29,30)/b16-11+. The first-order valence-electron chi connectivity index (χ1n) is 9.98. The minimum Gasteiger partial charge on any atom is -0.494 e. The predicted molar refractivity (Wildman–Crippen MR) is 141 cm³/mol. The lowest BCUT2D eigenvalue weighted by Crippen LogP contribution is -2.14. The molecule has 0 heterocycles. The Morgan fingerprint density at radius 1 is 1.11 bits per heavy atom. The number of amides is 1. The van der Waals surface area contributed by atoms with E-state index in [9.17, 15) is 18.5 Å². The summed E-state index contributed by atoms with van der Waals surface area (Å²) in [6, 6.07) is 17.1. The smallest absolute Gasteiger partial charge is 0.339 e. The number of carbonyl (C=O) groups is 1. The fourth-order valence-electron chi connectivity index (χ4n) is 2.84. The fourth-order valence-corrected chi connectivity index (χ4v) is 5.38. The van der Waals surface area contributed by atoms with Crippen LogP contribution in [0.15, 0.2) is 80.1 Å². The van der Waals surface area contributed by atoms with Gasteiger partial charge in [-0.3, -0.25) is 4.79 Å². The van der Waals surface area contributed by atoms with E-state index in [1.165, 1.54) is 36.4 Å². The van der Waals surface area contributed by atoms with E-state index in [0.29, 0.717) is 32.0 Å². The monoisotopic (exact) mass is 638 g/mol. The summed E-state index contributed by atoms with van der Waals surface area (Å²) in [7, 11) is -4.24. The third-order valence-electron chi connectivity index (χ3n) is 4.42. The van der Waals surface area contributed by atoms with E-state index in [1.807, 2.05) is 13.0 Å². The maximum atomic E-state index is 12.8.